The van der Waals surface area contributed by atoms with Crippen molar-refractivity contribution < 1.29 is 9.15 Å². The van der Waals surface area contributed by atoms with E-state index >= 15 is 0 Å². The first-order valence-corrected chi connectivity index (χ1v) is 23.7. The Bertz CT molecular complexity index is 4170. The molecular weight excluding hydrogens is 857 g/mol. The van der Waals surface area contributed by atoms with Crippen molar-refractivity contribution in [2.24, 2.45) is 0 Å². The molecule has 1 aliphatic carbocycles. The SMILES string of the molecule is c1ccc(-c2nc(-c3ccccc3)nc(-c3ccc4c(c3)-c3cc(-c5cc6oc7ccccc7c6c6c5c5ccccc5n6-c5ccccc5)ccc3C43c4ccccc4Oc4ccccc43)n2)cc1. The Morgan fingerprint density at radius 2 is 0.871 bits per heavy atom. The molecule has 0 atom stereocenters. The lowest BCUT2D eigenvalue weighted by Crippen LogP contribution is -2.32. The van der Waals surface area contributed by atoms with Crippen LogP contribution in [0.15, 0.2) is 235 Å². The summed E-state index contributed by atoms with van der Waals surface area (Å²) in [5, 5.41) is 4.54. The number of para-hydroxylation sites is 5. The smallest absolute Gasteiger partial charge is 0.164 e. The summed E-state index contributed by atoms with van der Waals surface area (Å²) in [5.74, 6) is 3.53. The first kappa shape index (κ1) is 38.7. The quantitative estimate of drug-likeness (QED) is 0.172. The van der Waals surface area contributed by atoms with E-state index in [9.17, 15) is 0 Å². The van der Waals surface area contributed by atoms with Gasteiger partial charge in [-0.2, -0.15) is 0 Å². The van der Waals surface area contributed by atoms with Gasteiger partial charge in [-0.1, -0.05) is 176 Å². The van der Waals surface area contributed by atoms with Gasteiger partial charge in [0.2, 0.25) is 0 Å². The Hall–Kier alpha value is -9.39. The standard InChI is InChI=1S/C64H38N4O2/c1-4-18-39(19-5-1)61-65-62(40-20-6-2-7-21-40)67-63(66-61)42-33-35-50-48(37-42)47-36-41(32-34-49(47)64(50)51-26-12-16-30-55(51)70-56-31-17-13-27-52(56)64)46-38-57-59(45-25-11-15-29-54(45)69-57)60-58(46)44-24-10-14-28-53(44)68(60)43-22-8-3-9-23-43/h1-38H. The van der Waals surface area contributed by atoms with Crippen LogP contribution in [0.3, 0.4) is 0 Å². The zero-order valence-electron chi connectivity index (χ0n) is 37.5. The fourth-order valence-corrected chi connectivity index (χ4v) is 11.6. The van der Waals surface area contributed by atoms with E-state index in [1.165, 1.54) is 21.9 Å². The largest absolute Gasteiger partial charge is 0.457 e. The summed E-state index contributed by atoms with van der Waals surface area (Å²) in [6, 6.07) is 81.3. The van der Waals surface area contributed by atoms with E-state index in [0.717, 1.165) is 100 Å². The van der Waals surface area contributed by atoms with Gasteiger partial charge in [-0.05, 0) is 88.0 Å². The van der Waals surface area contributed by atoms with Crippen LogP contribution in [-0.2, 0) is 5.41 Å². The summed E-state index contributed by atoms with van der Waals surface area (Å²) in [6.45, 7) is 0. The van der Waals surface area contributed by atoms with Crippen molar-refractivity contribution in [3.05, 3.63) is 253 Å². The Balaban J connectivity index is 1.03. The highest BCUT2D eigenvalue weighted by Gasteiger charge is 2.51. The number of fused-ring (bicyclic) bond motifs is 16. The maximum atomic E-state index is 6.83. The molecule has 326 valence electrons. The molecule has 13 aromatic rings. The fraction of sp³-hybridized carbons (Fsp3) is 0.0156. The molecule has 2 aliphatic rings. The van der Waals surface area contributed by atoms with Crippen LogP contribution in [0.25, 0.3) is 106 Å². The molecule has 10 aromatic carbocycles. The molecule has 0 unspecified atom stereocenters. The summed E-state index contributed by atoms with van der Waals surface area (Å²) in [7, 11) is 0. The van der Waals surface area contributed by atoms with Crippen molar-refractivity contribution in [1.29, 1.82) is 0 Å². The number of rotatable bonds is 5. The molecule has 0 amide bonds. The van der Waals surface area contributed by atoms with E-state index in [4.69, 9.17) is 24.1 Å². The zero-order valence-corrected chi connectivity index (χ0v) is 37.5. The van der Waals surface area contributed by atoms with E-state index in [-0.39, 0.29) is 0 Å². The second-order valence-electron chi connectivity index (χ2n) is 18.2. The number of benzene rings is 10. The summed E-state index contributed by atoms with van der Waals surface area (Å²) in [6.07, 6.45) is 0. The zero-order chi connectivity index (χ0) is 45.9. The highest BCUT2D eigenvalue weighted by atomic mass is 16.5. The lowest BCUT2D eigenvalue weighted by molar-refractivity contribution is 0.436. The van der Waals surface area contributed by atoms with E-state index in [1.54, 1.807) is 0 Å². The third-order valence-corrected chi connectivity index (χ3v) is 14.5. The Morgan fingerprint density at radius 1 is 0.357 bits per heavy atom. The fourth-order valence-electron chi connectivity index (χ4n) is 11.6. The summed E-state index contributed by atoms with van der Waals surface area (Å²) in [4.78, 5) is 15.4. The van der Waals surface area contributed by atoms with Crippen molar-refractivity contribution in [2.45, 2.75) is 5.41 Å². The number of hydrogen-bond donors (Lipinski definition) is 0. The number of ether oxygens (including phenoxy) is 1. The lowest BCUT2D eigenvalue weighted by atomic mass is 9.66. The predicted molar refractivity (Wildman–Crippen MR) is 281 cm³/mol. The van der Waals surface area contributed by atoms with Gasteiger partial charge in [0.15, 0.2) is 17.5 Å². The topological polar surface area (TPSA) is 66.0 Å². The maximum absolute atomic E-state index is 6.83. The van der Waals surface area contributed by atoms with Crippen LogP contribution in [0.4, 0.5) is 0 Å². The molecule has 1 aliphatic heterocycles. The molecule has 0 bridgehead atoms. The van der Waals surface area contributed by atoms with Crippen LogP contribution in [-0.4, -0.2) is 19.5 Å². The minimum absolute atomic E-state index is 0.604. The average Bonchev–Trinajstić information content (AvgIpc) is 4.08. The first-order valence-electron chi connectivity index (χ1n) is 23.7. The van der Waals surface area contributed by atoms with E-state index in [2.05, 4.69) is 193 Å². The van der Waals surface area contributed by atoms with Crippen LogP contribution >= 0.6 is 0 Å². The summed E-state index contributed by atoms with van der Waals surface area (Å²) in [5.41, 5.74) is 16.1. The van der Waals surface area contributed by atoms with Gasteiger partial charge in [0.1, 0.15) is 22.7 Å². The van der Waals surface area contributed by atoms with E-state index < -0.39 is 5.41 Å². The molecule has 0 saturated heterocycles. The number of aromatic nitrogens is 4. The van der Waals surface area contributed by atoms with E-state index in [1.807, 2.05) is 42.5 Å². The van der Waals surface area contributed by atoms with E-state index in [0.29, 0.717) is 17.5 Å². The lowest BCUT2D eigenvalue weighted by Gasteiger charge is -2.39. The van der Waals surface area contributed by atoms with Gasteiger partial charge in [0.05, 0.1) is 21.8 Å². The normalized spacial score (nSPS) is 13.1. The van der Waals surface area contributed by atoms with Crippen molar-refractivity contribution >= 4 is 43.7 Å². The van der Waals surface area contributed by atoms with Crippen molar-refractivity contribution in [3.63, 3.8) is 0 Å². The minimum Gasteiger partial charge on any atom is -0.457 e. The van der Waals surface area contributed by atoms with Crippen LogP contribution in [0.5, 0.6) is 11.5 Å². The Labute approximate surface area is 402 Å². The molecule has 0 saturated carbocycles. The van der Waals surface area contributed by atoms with Crippen molar-refractivity contribution in [1.82, 2.24) is 19.5 Å². The van der Waals surface area contributed by atoms with Crippen LogP contribution in [0, 0.1) is 0 Å². The average molecular weight is 895 g/mol. The molecule has 6 heteroatoms. The summed E-state index contributed by atoms with van der Waals surface area (Å²) >= 11 is 0. The molecule has 0 N–H and O–H groups in total. The van der Waals surface area contributed by atoms with Crippen LogP contribution in [0.1, 0.15) is 22.3 Å². The molecule has 0 fully saturated rings. The van der Waals surface area contributed by atoms with Gasteiger partial charge >= 0.3 is 0 Å². The third-order valence-electron chi connectivity index (χ3n) is 14.5. The number of nitrogens with zero attached hydrogens (tertiary/aromatic N) is 4. The van der Waals surface area contributed by atoms with Gasteiger partial charge in [-0.3, -0.25) is 0 Å². The molecule has 0 radical (unpaired) electrons. The Kier molecular flexibility index (Phi) is 8.18. The van der Waals surface area contributed by atoms with Gasteiger partial charge in [-0.15, -0.1) is 0 Å². The number of furan rings is 1. The molecule has 3 aromatic heterocycles. The van der Waals surface area contributed by atoms with Crippen molar-refractivity contribution in [3.8, 4) is 73.6 Å². The maximum Gasteiger partial charge on any atom is 0.164 e. The number of hydrogen-bond acceptors (Lipinski definition) is 5. The molecule has 15 rings (SSSR count). The molecule has 4 heterocycles. The monoisotopic (exact) mass is 894 g/mol. The second-order valence-corrected chi connectivity index (χ2v) is 18.2. The molecular formula is C64H38N4O2. The predicted octanol–water partition coefficient (Wildman–Crippen LogP) is 16.0. The van der Waals surface area contributed by atoms with Crippen LogP contribution < -0.4 is 4.74 Å². The third kappa shape index (κ3) is 5.47. The molecule has 6 nitrogen and oxygen atoms in total. The second kappa shape index (κ2) is 14.8. The Morgan fingerprint density at radius 3 is 1.53 bits per heavy atom. The van der Waals surface area contributed by atoms with Gasteiger partial charge in [0, 0.05) is 49.7 Å². The van der Waals surface area contributed by atoms with Crippen molar-refractivity contribution in [2.75, 3.05) is 0 Å². The summed E-state index contributed by atoms with van der Waals surface area (Å²) < 4.78 is 16.0. The van der Waals surface area contributed by atoms with Gasteiger partial charge in [0.25, 0.3) is 0 Å². The first-order chi connectivity index (χ1) is 34.7. The highest BCUT2D eigenvalue weighted by molar-refractivity contribution is 6.28. The van der Waals surface area contributed by atoms with Crippen LogP contribution in [0.2, 0.25) is 0 Å². The van der Waals surface area contributed by atoms with Gasteiger partial charge in [-0.25, -0.2) is 15.0 Å². The van der Waals surface area contributed by atoms with Gasteiger partial charge < -0.3 is 13.7 Å². The highest BCUT2D eigenvalue weighted by Crippen LogP contribution is 2.63. The molecule has 1 spiro atoms. The molecule has 70 heavy (non-hydrogen) atoms. The minimum atomic E-state index is -0.683.